The summed E-state index contributed by atoms with van der Waals surface area (Å²) in [5.74, 6) is -0.0459. The molecule has 6 nitrogen and oxygen atoms in total. The van der Waals surface area contributed by atoms with Crippen molar-refractivity contribution in [3.63, 3.8) is 0 Å². The van der Waals surface area contributed by atoms with Gasteiger partial charge < -0.3 is 20.9 Å². The third-order valence-corrected chi connectivity index (χ3v) is 2.66. The molecule has 0 unspecified atom stereocenters. The SMILES string of the molecule is C[C@H]1CC[C@@H](C(N)=NO)CN1C(=O)O. The van der Waals surface area contributed by atoms with Crippen molar-refractivity contribution in [1.29, 1.82) is 0 Å². The molecule has 0 aromatic carbocycles. The van der Waals surface area contributed by atoms with Crippen LogP contribution in [0.2, 0.25) is 0 Å². The van der Waals surface area contributed by atoms with Crippen LogP contribution in [-0.2, 0) is 0 Å². The molecule has 14 heavy (non-hydrogen) atoms. The average molecular weight is 201 g/mol. The quantitative estimate of drug-likeness (QED) is 0.249. The van der Waals surface area contributed by atoms with Crippen LogP contribution >= 0.6 is 0 Å². The minimum Gasteiger partial charge on any atom is -0.465 e. The molecule has 0 spiro atoms. The molecule has 1 heterocycles. The minimum atomic E-state index is -0.951. The van der Waals surface area contributed by atoms with E-state index in [1.807, 2.05) is 6.92 Å². The Morgan fingerprint density at radius 2 is 2.21 bits per heavy atom. The van der Waals surface area contributed by atoms with E-state index in [2.05, 4.69) is 5.16 Å². The van der Waals surface area contributed by atoms with E-state index < -0.39 is 6.09 Å². The summed E-state index contributed by atoms with van der Waals surface area (Å²) in [7, 11) is 0. The number of carboxylic acid groups (broad SMARTS) is 1. The highest BCUT2D eigenvalue weighted by Gasteiger charge is 2.30. The zero-order valence-electron chi connectivity index (χ0n) is 8.05. The molecular weight excluding hydrogens is 186 g/mol. The number of amides is 1. The van der Waals surface area contributed by atoms with Gasteiger partial charge in [-0.3, -0.25) is 0 Å². The van der Waals surface area contributed by atoms with Gasteiger partial charge in [0.1, 0.15) is 5.84 Å². The monoisotopic (exact) mass is 201 g/mol. The number of rotatable bonds is 1. The van der Waals surface area contributed by atoms with E-state index in [9.17, 15) is 4.79 Å². The summed E-state index contributed by atoms with van der Waals surface area (Å²) >= 11 is 0. The van der Waals surface area contributed by atoms with Gasteiger partial charge in [0, 0.05) is 18.5 Å². The maximum absolute atomic E-state index is 10.8. The summed E-state index contributed by atoms with van der Waals surface area (Å²) in [6.07, 6.45) is 0.557. The summed E-state index contributed by atoms with van der Waals surface area (Å²) in [5.41, 5.74) is 5.44. The van der Waals surface area contributed by atoms with Crippen LogP contribution in [0.15, 0.2) is 5.16 Å². The van der Waals surface area contributed by atoms with Crippen molar-refractivity contribution in [3.8, 4) is 0 Å². The number of carbonyl (C=O) groups is 1. The van der Waals surface area contributed by atoms with Gasteiger partial charge in [0.2, 0.25) is 0 Å². The van der Waals surface area contributed by atoms with Gasteiger partial charge in [0.05, 0.1) is 0 Å². The van der Waals surface area contributed by atoms with Crippen LogP contribution in [0.5, 0.6) is 0 Å². The van der Waals surface area contributed by atoms with Crippen molar-refractivity contribution in [2.75, 3.05) is 6.54 Å². The summed E-state index contributed by atoms with van der Waals surface area (Å²) in [4.78, 5) is 12.1. The standard InChI is InChI=1S/C8H15N3O3/c1-5-2-3-6(7(9)10-14)4-11(5)8(12)13/h5-6,14H,2-4H2,1H3,(H2,9,10)(H,12,13)/t5-,6+/m0/s1. The molecule has 1 aliphatic heterocycles. The van der Waals surface area contributed by atoms with Crippen LogP contribution < -0.4 is 5.73 Å². The first-order valence-corrected chi connectivity index (χ1v) is 4.53. The van der Waals surface area contributed by atoms with Crippen molar-refractivity contribution < 1.29 is 15.1 Å². The number of hydrogen-bond acceptors (Lipinski definition) is 3. The Bertz CT molecular complexity index is 254. The molecule has 4 N–H and O–H groups in total. The van der Waals surface area contributed by atoms with Gasteiger partial charge in [0.15, 0.2) is 0 Å². The maximum atomic E-state index is 10.8. The zero-order chi connectivity index (χ0) is 10.7. The van der Waals surface area contributed by atoms with Gasteiger partial charge in [-0.25, -0.2) is 4.79 Å². The van der Waals surface area contributed by atoms with E-state index in [0.717, 1.165) is 12.8 Å². The molecular formula is C8H15N3O3. The van der Waals surface area contributed by atoms with Crippen molar-refractivity contribution in [1.82, 2.24) is 4.90 Å². The molecule has 0 bridgehead atoms. The molecule has 0 aromatic heterocycles. The minimum absolute atomic E-state index is 0.00948. The number of nitrogens with zero attached hydrogens (tertiary/aromatic N) is 2. The molecule has 6 heteroatoms. The Hall–Kier alpha value is -1.46. The molecule has 0 radical (unpaired) electrons. The highest BCUT2D eigenvalue weighted by Crippen LogP contribution is 2.21. The molecule has 1 amide bonds. The van der Waals surface area contributed by atoms with Crippen LogP contribution in [0.25, 0.3) is 0 Å². The van der Waals surface area contributed by atoms with E-state index in [4.69, 9.17) is 16.0 Å². The first-order chi connectivity index (χ1) is 6.56. The molecule has 0 aliphatic carbocycles. The summed E-state index contributed by atoms with van der Waals surface area (Å²) in [6, 6.07) is 0.00948. The molecule has 1 saturated heterocycles. The lowest BCUT2D eigenvalue weighted by molar-refractivity contribution is 0.103. The molecule has 2 atom stereocenters. The van der Waals surface area contributed by atoms with E-state index in [0.29, 0.717) is 6.54 Å². The molecule has 0 aromatic rings. The third-order valence-electron chi connectivity index (χ3n) is 2.66. The second-order valence-corrected chi connectivity index (χ2v) is 3.58. The smallest absolute Gasteiger partial charge is 0.407 e. The van der Waals surface area contributed by atoms with Crippen molar-refractivity contribution >= 4 is 11.9 Å². The fraction of sp³-hybridized carbons (Fsp3) is 0.750. The Labute approximate surface area is 82.0 Å². The molecule has 0 saturated carbocycles. The van der Waals surface area contributed by atoms with Crippen molar-refractivity contribution in [2.45, 2.75) is 25.8 Å². The first-order valence-electron chi connectivity index (χ1n) is 4.53. The average Bonchev–Trinajstić information content (AvgIpc) is 2.17. The number of piperidine rings is 1. The summed E-state index contributed by atoms with van der Waals surface area (Å²) < 4.78 is 0. The van der Waals surface area contributed by atoms with E-state index in [1.165, 1.54) is 4.90 Å². The van der Waals surface area contributed by atoms with E-state index in [1.54, 1.807) is 0 Å². The van der Waals surface area contributed by atoms with Crippen molar-refractivity contribution in [3.05, 3.63) is 0 Å². The second-order valence-electron chi connectivity index (χ2n) is 3.58. The van der Waals surface area contributed by atoms with Gasteiger partial charge in [-0.1, -0.05) is 5.16 Å². The van der Waals surface area contributed by atoms with Crippen LogP contribution in [0.4, 0.5) is 4.79 Å². The van der Waals surface area contributed by atoms with Crippen molar-refractivity contribution in [2.24, 2.45) is 16.8 Å². The van der Waals surface area contributed by atoms with E-state index in [-0.39, 0.29) is 17.8 Å². The van der Waals surface area contributed by atoms with E-state index >= 15 is 0 Å². The zero-order valence-corrected chi connectivity index (χ0v) is 8.05. The van der Waals surface area contributed by atoms with Crippen LogP contribution in [-0.4, -0.2) is 39.7 Å². The van der Waals surface area contributed by atoms with Gasteiger partial charge in [-0.2, -0.15) is 0 Å². The fourth-order valence-electron chi connectivity index (χ4n) is 1.70. The Morgan fingerprint density at radius 1 is 1.57 bits per heavy atom. The lowest BCUT2D eigenvalue weighted by Crippen LogP contribution is -2.48. The fourth-order valence-corrected chi connectivity index (χ4v) is 1.70. The molecule has 80 valence electrons. The topological polar surface area (TPSA) is 99.2 Å². The molecule has 1 fully saturated rings. The van der Waals surface area contributed by atoms with Gasteiger partial charge >= 0.3 is 6.09 Å². The summed E-state index contributed by atoms with van der Waals surface area (Å²) in [5, 5.41) is 20.2. The second kappa shape index (κ2) is 4.17. The normalized spacial score (nSPS) is 28.9. The number of likely N-dealkylation sites (tertiary alicyclic amines) is 1. The van der Waals surface area contributed by atoms with Gasteiger partial charge in [-0.15, -0.1) is 0 Å². The highest BCUT2D eigenvalue weighted by molar-refractivity contribution is 5.83. The predicted molar refractivity (Wildman–Crippen MR) is 50.3 cm³/mol. The van der Waals surface area contributed by atoms with Gasteiger partial charge in [0.25, 0.3) is 0 Å². The van der Waals surface area contributed by atoms with Crippen LogP contribution in [0.1, 0.15) is 19.8 Å². The lowest BCUT2D eigenvalue weighted by atomic mass is 9.93. The molecule has 1 rings (SSSR count). The van der Waals surface area contributed by atoms with Gasteiger partial charge in [-0.05, 0) is 19.8 Å². The molecule has 1 aliphatic rings. The number of amidine groups is 1. The Balaban J connectivity index is 2.67. The highest BCUT2D eigenvalue weighted by atomic mass is 16.4. The third kappa shape index (κ3) is 2.07. The lowest BCUT2D eigenvalue weighted by Gasteiger charge is -2.35. The number of oxime groups is 1. The Morgan fingerprint density at radius 3 is 2.71 bits per heavy atom. The first kappa shape index (κ1) is 10.6. The number of nitrogens with two attached hydrogens (primary N) is 1. The number of hydrogen-bond donors (Lipinski definition) is 3. The van der Waals surface area contributed by atoms with Crippen LogP contribution in [0, 0.1) is 5.92 Å². The summed E-state index contributed by atoms with van der Waals surface area (Å²) in [6.45, 7) is 2.17. The van der Waals surface area contributed by atoms with Crippen LogP contribution in [0.3, 0.4) is 0 Å². The Kier molecular flexibility index (Phi) is 3.16. The maximum Gasteiger partial charge on any atom is 0.407 e. The predicted octanol–water partition coefficient (Wildman–Crippen LogP) is 0.511. The largest absolute Gasteiger partial charge is 0.465 e.